The van der Waals surface area contributed by atoms with Crippen molar-refractivity contribution in [3.8, 4) is 0 Å². The first kappa shape index (κ1) is 16.1. The van der Waals surface area contributed by atoms with Gasteiger partial charge in [0.15, 0.2) is 0 Å². The van der Waals surface area contributed by atoms with Crippen molar-refractivity contribution in [1.82, 2.24) is 10.2 Å². The lowest BCUT2D eigenvalue weighted by atomic mass is 10.1. The van der Waals surface area contributed by atoms with Gasteiger partial charge in [-0.15, -0.1) is 0 Å². The molecular formula is C14H22BrN3O. The number of hydrogen-bond donors (Lipinski definition) is 2. The molecule has 0 aliphatic rings. The van der Waals surface area contributed by atoms with Gasteiger partial charge in [0.25, 0.3) is 0 Å². The molecular weight excluding hydrogens is 306 g/mol. The van der Waals surface area contributed by atoms with Crippen LogP contribution in [0.1, 0.15) is 25.5 Å². The number of carbonyl (C=O) groups is 1. The molecule has 1 unspecified atom stereocenters. The number of carbonyl (C=O) groups excluding carboxylic acids is 1. The first-order valence-corrected chi connectivity index (χ1v) is 7.18. The Kier molecular flexibility index (Phi) is 6.48. The van der Waals surface area contributed by atoms with Gasteiger partial charge >= 0.3 is 0 Å². The molecule has 0 saturated carbocycles. The van der Waals surface area contributed by atoms with Crippen molar-refractivity contribution in [2.24, 2.45) is 5.73 Å². The van der Waals surface area contributed by atoms with Crippen LogP contribution in [0.3, 0.4) is 0 Å². The number of hydrogen-bond acceptors (Lipinski definition) is 3. The Morgan fingerprint density at radius 2 is 1.95 bits per heavy atom. The summed E-state index contributed by atoms with van der Waals surface area (Å²) in [7, 11) is 1.92. The van der Waals surface area contributed by atoms with Gasteiger partial charge in [-0.1, -0.05) is 28.1 Å². The molecule has 1 rings (SSSR count). The highest BCUT2D eigenvalue weighted by Crippen LogP contribution is 2.20. The van der Waals surface area contributed by atoms with Crippen molar-refractivity contribution < 1.29 is 4.79 Å². The summed E-state index contributed by atoms with van der Waals surface area (Å²) in [6.07, 6.45) is 0. The molecule has 1 aromatic rings. The van der Waals surface area contributed by atoms with Crippen LogP contribution in [0.4, 0.5) is 0 Å². The van der Waals surface area contributed by atoms with Gasteiger partial charge in [-0.2, -0.15) is 0 Å². The van der Waals surface area contributed by atoms with Crippen molar-refractivity contribution in [2.45, 2.75) is 25.9 Å². The molecule has 19 heavy (non-hydrogen) atoms. The number of nitrogens with one attached hydrogen (secondary N) is 1. The van der Waals surface area contributed by atoms with Crippen molar-refractivity contribution in [1.29, 1.82) is 0 Å². The zero-order valence-corrected chi connectivity index (χ0v) is 13.3. The summed E-state index contributed by atoms with van der Waals surface area (Å²) in [6, 6.07) is 8.23. The van der Waals surface area contributed by atoms with Crippen LogP contribution < -0.4 is 11.1 Å². The maximum Gasteiger partial charge on any atom is 0.234 e. The van der Waals surface area contributed by atoms with E-state index in [2.05, 4.69) is 21.2 Å². The molecule has 106 valence electrons. The van der Waals surface area contributed by atoms with E-state index in [0.717, 1.165) is 10.0 Å². The van der Waals surface area contributed by atoms with E-state index < -0.39 is 0 Å². The minimum Gasteiger partial charge on any atom is -0.353 e. The molecule has 5 heteroatoms. The van der Waals surface area contributed by atoms with Gasteiger partial charge in [-0.3, -0.25) is 9.69 Å². The number of halogens is 1. The molecule has 0 spiro atoms. The second-order valence-corrected chi connectivity index (χ2v) is 5.86. The minimum absolute atomic E-state index is 0.0214. The molecule has 0 aromatic heterocycles. The van der Waals surface area contributed by atoms with Crippen LogP contribution in [0, 0.1) is 0 Å². The van der Waals surface area contributed by atoms with Crippen molar-refractivity contribution in [3.63, 3.8) is 0 Å². The Morgan fingerprint density at radius 3 is 2.42 bits per heavy atom. The van der Waals surface area contributed by atoms with E-state index >= 15 is 0 Å². The van der Waals surface area contributed by atoms with E-state index in [4.69, 9.17) is 5.73 Å². The lowest BCUT2D eigenvalue weighted by molar-refractivity contribution is -0.122. The second-order valence-electron chi connectivity index (χ2n) is 4.94. The fourth-order valence-electron chi connectivity index (χ4n) is 1.96. The predicted molar refractivity (Wildman–Crippen MR) is 81.8 cm³/mol. The quantitative estimate of drug-likeness (QED) is 0.839. The summed E-state index contributed by atoms with van der Waals surface area (Å²) < 4.78 is 1.03. The Hall–Kier alpha value is -0.910. The molecule has 0 radical (unpaired) electrons. The number of nitrogens with two attached hydrogens (primary N) is 1. The maximum absolute atomic E-state index is 11.8. The van der Waals surface area contributed by atoms with Crippen LogP contribution in [-0.2, 0) is 4.79 Å². The highest BCUT2D eigenvalue weighted by molar-refractivity contribution is 9.10. The average molecular weight is 328 g/mol. The summed E-state index contributed by atoms with van der Waals surface area (Å²) in [5.74, 6) is 0.0214. The highest BCUT2D eigenvalue weighted by atomic mass is 79.9. The van der Waals surface area contributed by atoms with E-state index in [1.165, 1.54) is 0 Å². The molecule has 4 nitrogen and oxygen atoms in total. The Balaban J connectivity index is 2.68. The van der Waals surface area contributed by atoms with Gasteiger partial charge in [-0.05, 0) is 38.6 Å². The summed E-state index contributed by atoms with van der Waals surface area (Å²) in [5.41, 5.74) is 6.95. The zero-order valence-electron chi connectivity index (χ0n) is 11.7. The van der Waals surface area contributed by atoms with Gasteiger partial charge in [0.2, 0.25) is 5.91 Å². The molecule has 0 fully saturated rings. The monoisotopic (exact) mass is 327 g/mol. The Labute approximate surface area is 123 Å². The maximum atomic E-state index is 11.8. The number of amides is 1. The van der Waals surface area contributed by atoms with Crippen LogP contribution in [-0.4, -0.2) is 37.0 Å². The lowest BCUT2D eigenvalue weighted by Crippen LogP contribution is -2.41. The van der Waals surface area contributed by atoms with Crippen LogP contribution in [0.2, 0.25) is 0 Å². The standard InChI is InChI=1S/C14H22BrN3O/c1-10(2)17-14(19)9-18(3)13(8-16)11-4-6-12(15)7-5-11/h4-7,10,13H,8-9,16H2,1-3H3,(H,17,19). The van der Waals surface area contributed by atoms with Gasteiger partial charge < -0.3 is 11.1 Å². The summed E-state index contributed by atoms with van der Waals surface area (Å²) in [4.78, 5) is 13.7. The molecule has 3 N–H and O–H groups in total. The third kappa shape index (κ3) is 5.30. The topological polar surface area (TPSA) is 58.4 Å². The van der Waals surface area contributed by atoms with Crippen LogP contribution >= 0.6 is 15.9 Å². The van der Waals surface area contributed by atoms with Gasteiger partial charge in [-0.25, -0.2) is 0 Å². The zero-order chi connectivity index (χ0) is 14.4. The normalized spacial score (nSPS) is 12.8. The molecule has 0 aliphatic carbocycles. The van der Waals surface area contributed by atoms with Gasteiger partial charge in [0.1, 0.15) is 0 Å². The van der Waals surface area contributed by atoms with E-state index in [-0.39, 0.29) is 18.0 Å². The van der Waals surface area contributed by atoms with E-state index in [1.54, 1.807) is 0 Å². The Bertz CT molecular complexity index is 406. The molecule has 1 aromatic carbocycles. The molecule has 0 aliphatic heterocycles. The third-order valence-corrected chi connectivity index (χ3v) is 3.38. The van der Waals surface area contributed by atoms with E-state index in [9.17, 15) is 4.79 Å². The molecule has 1 atom stereocenters. The van der Waals surface area contributed by atoms with Crippen molar-refractivity contribution in [2.75, 3.05) is 20.1 Å². The van der Waals surface area contributed by atoms with Crippen molar-refractivity contribution in [3.05, 3.63) is 34.3 Å². The van der Waals surface area contributed by atoms with Crippen molar-refractivity contribution >= 4 is 21.8 Å². The van der Waals surface area contributed by atoms with E-state index in [0.29, 0.717) is 13.1 Å². The fraction of sp³-hybridized carbons (Fsp3) is 0.500. The second kappa shape index (κ2) is 7.62. The van der Waals surface area contributed by atoms with Gasteiger partial charge in [0, 0.05) is 23.1 Å². The largest absolute Gasteiger partial charge is 0.353 e. The first-order valence-electron chi connectivity index (χ1n) is 6.39. The number of benzene rings is 1. The Morgan fingerprint density at radius 1 is 1.37 bits per heavy atom. The first-order chi connectivity index (χ1) is 8.93. The summed E-state index contributed by atoms with van der Waals surface area (Å²) in [6.45, 7) is 4.73. The van der Waals surface area contributed by atoms with Crippen LogP contribution in [0.5, 0.6) is 0 Å². The molecule has 0 saturated heterocycles. The number of nitrogens with zero attached hydrogens (tertiary/aromatic N) is 1. The summed E-state index contributed by atoms with van der Waals surface area (Å²) >= 11 is 3.41. The molecule has 0 heterocycles. The predicted octanol–water partition coefficient (Wildman–Crippen LogP) is 1.91. The molecule has 1 amide bonds. The smallest absolute Gasteiger partial charge is 0.234 e. The van der Waals surface area contributed by atoms with Crippen LogP contribution in [0.15, 0.2) is 28.7 Å². The fourth-order valence-corrected chi connectivity index (χ4v) is 2.22. The average Bonchev–Trinajstić information content (AvgIpc) is 2.31. The van der Waals surface area contributed by atoms with Gasteiger partial charge in [0.05, 0.1) is 6.54 Å². The number of likely N-dealkylation sites (N-methyl/N-ethyl adjacent to an activating group) is 1. The summed E-state index contributed by atoms with van der Waals surface area (Å²) in [5, 5.41) is 2.88. The third-order valence-electron chi connectivity index (χ3n) is 2.85. The lowest BCUT2D eigenvalue weighted by Gasteiger charge is -2.27. The highest BCUT2D eigenvalue weighted by Gasteiger charge is 2.18. The molecule has 0 bridgehead atoms. The minimum atomic E-state index is 0.0214. The SMILES string of the molecule is CC(C)NC(=O)CN(C)C(CN)c1ccc(Br)cc1. The van der Waals surface area contributed by atoms with E-state index in [1.807, 2.05) is 50.1 Å². The number of rotatable bonds is 6. The van der Waals surface area contributed by atoms with Crippen LogP contribution in [0.25, 0.3) is 0 Å².